The number of aliphatic hydroxyl groups is 1. The van der Waals surface area contributed by atoms with Crippen molar-refractivity contribution < 1.29 is 19.1 Å². The Morgan fingerprint density at radius 1 is 1.08 bits per heavy atom. The van der Waals surface area contributed by atoms with Gasteiger partial charge in [-0.3, -0.25) is 9.59 Å². The summed E-state index contributed by atoms with van der Waals surface area (Å²) in [5.74, 6) is -2.17. The van der Waals surface area contributed by atoms with E-state index in [1.807, 2.05) is 30.3 Å². The second-order valence-corrected chi connectivity index (χ2v) is 6.15. The molecule has 2 rings (SSSR count). The van der Waals surface area contributed by atoms with E-state index >= 15 is 0 Å². The summed E-state index contributed by atoms with van der Waals surface area (Å²) in [5, 5.41) is 14.0. The quantitative estimate of drug-likeness (QED) is 0.648. The van der Waals surface area contributed by atoms with E-state index in [1.165, 1.54) is 12.1 Å². The number of hydrogen-bond acceptors (Lipinski definition) is 3. The fourth-order valence-corrected chi connectivity index (χ4v) is 2.74. The lowest BCUT2D eigenvalue weighted by atomic mass is 9.93. The molecule has 0 heterocycles. The molecular formula is C19H20ClFN2O3. The van der Waals surface area contributed by atoms with Crippen LogP contribution in [0.25, 0.3) is 0 Å². The van der Waals surface area contributed by atoms with Gasteiger partial charge in [-0.2, -0.15) is 0 Å². The summed E-state index contributed by atoms with van der Waals surface area (Å²) < 4.78 is 13.1. The number of carbonyl (C=O) groups is 2. The largest absolute Gasteiger partial charge is 0.396 e. The molecule has 0 saturated heterocycles. The molecular weight excluding hydrogens is 359 g/mol. The molecule has 7 heteroatoms. The van der Waals surface area contributed by atoms with Crippen LogP contribution in [0.3, 0.4) is 0 Å². The van der Waals surface area contributed by atoms with Gasteiger partial charge in [-0.25, -0.2) is 4.39 Å². The van der Waals surface area contributed by atoms with Crippen molar-refractivity contribution in [3.05, 3.63) is 64.9 Å². The van der Waals surface area contributed by atoms with E-state index in [0.717, 1.165) is 11.6 Å². The topological polar surface area (TPSA) is 78.4 Å². The van der Waals surface area contributed by atoms with Crippen molar-refractivity contribution in [2.24, 2.45) is 0 Å². The third-order valence-electron chi connectivity index (χ3n) is 3.91. The zero-order valence-corrected chi connectivity index (χ0v) is 14.8. The van der Waals surface area contributed by atoms with Crippen LogP contribution in [0.2, 0.25) is 5.02 Å². The summed E-state index contributed by atoms with van der Waals surface area (Å²) in [7, 11) is 0. The number of carbonyl (C=O) groups excluding carboxylic acids is 2. The second kappa shape index (κ2) is 9.89. The van der Waals surface area contributed by atoms with Gasteiger partial charge in [0.1, 0.15) is 5.82 Å². The van der Waals surface area contributed by atoms with Crippen molar-refractivity contribution in [1.82, 2.24) is 5.32 Å². The van der Waals surface area contributed by atoms with Gasteiger partial charge in [-0.1, -0.05) is 41.9 Å². The fraction of sp³-hybridized carbons (Fsp3) is 0.263. The highest BCUT2D eigenvalue weighted by Gasteiger charge is 2.16. The first-order valence-electron chi connectivity index (χ1n) is 8.21. The summed E-state index contributed by atoms with van der Waals surface area (Å²) in [5.41, 5.74) is 1.31. The summed E-state index contributed by atoms with van der Waals surface area (Å²) in [6, 6.07) is 13.3. The molecule has 0 aliphatic carbocycles. The van der Waals surface area contributed by atoms with E-state index in [2.05, 4.69) is 10.6 Å². The van der Waals surface area contributed by atoms with Crippen LogP contribution in [-0.2, 0) is 9.59 Å². The Bertz CT molecular complexity index is 756. The highest BCUT2D eigenvalue weighted by Crippen LogP contribution is 2.22. The van der Waals surface area contributed by atoms with E-state index in [4.69, 9.17) is 11.6 Å². The average Bonchev–Trinajstić information content (AvgIpc) is 2.64. The first kappa shape index (κ1) is 19.9. The Kier molecular flexibility index (Phi) is 7.56. The van der Waals surface area contributed by atoms with Gasteiger partial charge < -0.3 is 15.7 Å². The van der Waals surface area contributed by atoms with Gasteiger partial charge in [0.05, 0.1) is 5.02 Å². The molecule has 1 unspecified atom stereocenters. The van der Waals surface area contributed by atoms with Crippen LogP contribution >= 0.6 is 11.6 Å². The van der Waals surface area contributed by atoms with Gasteiger partial charge in [0.15, 0.2) is 0 Å². The molecule has 26 heavy (non-hydrogen) atoms. The Morgan fingerprint density at radius 3 is 2.46 bits per heavy atom. The number of nitrogens with one attached hydrogen (secondary N) is 2. The molecule has 0 radical (unpaired) electrons. The van der Waals surface area contributed by atoms with Gasteiger partial charge >= 0.3 is 11.8 Å². The highest BCUT2D eigenvalue weighted by molar-refractivity contribution is 6.39. The first-order chi connectivity index (χ1) is 12.5. The number of halogens is 2. The molecule has 2 amide bonds. The lowest BCUT2D eigenvalue weighted by Crippen LogP contribution is -2.36. The van der Waals surface area contributed by atoms with Crippen LogP contribution in [0, 0.1) is 5.82 Å². The molecule has 0 aliphatic heterocycles. The maximum atomic E-state index is 13.1. The third kappa shape index (κ3) is 5.82. The van der Waals surface area contributed by atoms with Gasteiger partial charge in [0.25, 0.3) is 0 Å². The third-order valence-corrected chi connectivity index (χ3v) is 4.20. The van der Waals surface area contributed by atoms with E-state index in [1.54, 1.807) is 0 Å². The van der Waals surface area contributed by atoms with Crippen LogP contribution in [0.4, 0.5) is 10.1 Å². The van der Waals surface area contributed by atoms with E-state index in [9.17, 15) is 19.1 Å². The summed E-state index contributed by atoms with van der Waals surface area (Å²) in [4.78, 5) is 23.8. The van der Waals surface area contributed by atoms with Crippen molar-refractivity contribution in [3.63, 3.8) is 0 Å². The SMILES string of the molecule is O=C(NCCC(CCO)c1ccccc1)C(=O)Nc1ccc(F)c(Cl)c1. The lowest BCUT2D eigenvalue weighted by molar-refractivity contribution is -0.136. The molecule has 5 nitrogen and oxygen atoms in total. The van der Waals surface area contributed by atoms with E-state index < -0.39 is 17.6 Å². The molecule has 0 aliphatic rings. The standard InChI is InChI=1S/C19H20ClFN2O3/c20-16-12-15(6-7-17(16)21)23-19(26)18(25)22-10-8-14(9-11-24)13-4-2-1-3-5-13/h1-7,12,14,24H,8-11H2,(H,22,25)(H,23,26). The van der Waals surface area contributed by atoms with E-state index in [0.29, 0.717) is 12.8 Å². The molecule has 1 atom stereocenters. The maximum Gasteiger partial charge on any atom is 0.313 e. The average molecular weight is 379 g/mol. The lowest BCUT2D eigenvalue weighted by Gasteiger charge is -2.16. The van der Waals surface area contributed by atoms with E-state index in [-0.39, 0.29) is 29.8 Å². The second-order valence-electron chi connectivity index (χ2n) is 5.75. The Balaban J connectivity index is 1.84. The van der Waals surface area contributed by atoms with Gasteiger partial charge in [-0.05, 0) is 42.5 Å². The molecule has 0 saturated carbocycles. The molecule has 2 aromatic carbocycles. The van der Waals surface area contributed by atoms with Gasteiger partial charge in [0.2, 0.25) is 0 Å². The van der Waals surface area contributed by atoms with Crippen molar-refractivity contribution in [2.45, 2.75) is 18.8 Å². The summed E-state index contributed by atoms with van der Waals surface area (Å²) >= 11 is 5.64. The smallest absolute Gasteiger partial charge is 0.313 e. The van der Waals surface area contributed by atoms with Crippen LogP contribution in [0.15, 0.2) is 48.5 Å². The molecule has 0 aromatic heterocycles. The monoisotopic (exact) mass is 378 g/mol. The zero-order chi connectivity index (χ0) is 18.9. The minimum absolute atomic E-state index is 0.0410. The van der Waals surface area contributed by atoms with Gasteiger partial charge in [0, 0.05) is 18.8 Å². The van der Waals surface area contributed by atoms with Gasteiger partial charge in [-0.15, -0.1) is 0 Å². The number of amides is 2. The fourth-order valence-electron chi connectivity index (χ4n) is 2.56. The van der Waals surface area contributed by atoms with Crippen LogP contribution in [-0.4, -0.2) is 30.1 Å². The van der Waals surface area contributed by atoms with Crippen LogP contribution < -0.4 is 10.6 Å². The normalized spacial score (nSPS) is 11.7. The summed E-state index contributed by atoms with van der Waals surface area (Å²) in [6.45, 7) is 0.329. The number of aliphatic hydroxyl groups excluding tert-OH is 1. The molecule has 2 aromatic rings. The molecule has 3 N–H and O–H groups in total. The number of benzene rings is 2. The van der Waals surface area contributed by atoms with Crippen LogP contribution in [0.5, 0.6) is 0 Å². The Labute approximate surface area is 156 Å². The van der Waals surface area contributed by atoms with Crippen molar-refractivity contribution in [3.8, 4) is 0 Å². The Morgan fingerprint density at radius 2 is 1.81 bits per heavy atom. The van der Waals surface area contributed by atoms with Crippen LogP contribution in [0.1, 0.15) is 24.3 Å². The molecule has 0 bridgehead atoms. The maximum absolute atomic E-state index is 13.1. The predicted molar refractivity (Wildman–Crippen MR) is 98.6 cm³/mol. The molecule has 0 fully saturated rings. The highest BCUT2D eigenvalue weighted by atomic mass is 35.5. The molecule has 138 valence electrons. The number of rotatable bonds is 7. The zero-order valence-electron chi connectivity index (χ0n) is 14.0. The number of anilines is 1. The summed E-state index contributed by atoms with van der Waals surface area (Å²) in [6.07, 6.45) is 1.16. The minimum atomic E-state index is -0.855. The Hall–Kier alpha value is -2.44. The molecule has 0 spiro atoms. The predicted octanol–water partition coefficient (Wildman–Crippen LogP) is 3.09. The van der Waals surface area contributed by atoms with Crippen molar-refractivity contribution >= 4 is 29.1 Å². The number of hydrogen-bond donors (Lipinski definition) is 3. The van der Waals surface area contributed by atoms with Crippen molar-refractivity contribution in [1.29, 1.82) is 0 Å². The van der Waals surface area contributed by atoms with Crippen molar-refractivity contribution in [2.75, 3.05) is 18.5 Å². The minimum Gasteiger partial charge on any atom is -0.396 e. The first-order valence-corrected chi connectivity index (χ1v) is 8.59.